The first kappa shape index (κ1) is 11.9. The Morgan fingerprint density at radius 1 is 1.61 bits per heavy atom. The van der Waals surface area contributed by atoms with E-state index in [0.29, 0.717) is 5.92 Å². The van der Waals surface area contributed by atoms with Crippen LogP contribution in [-0.4, -0.2) is 12.1 Å². The number of fused-ring (bicyclic) bond motifs is 1. The SMILES string of the molecule is C[C@]12CCCC[C@H]1[C@H]2C(=O)N/N=C\c1cccs1. The quantitative estimate of drug-likeness (QED) is 0.660. The third-order valence-corrected chi connectivity index (χ3v) is 5.33. The predicted molar refractivity (Wildman–Crippen MR) is 73.6 cm³/mol. The van der Waals surface area contributed by atoms with Gasteiger partial charge in [-0.05, 0) is 35.6 Å². The van der Waals surface area contributed by atoms with E-state index in [1.54, 1.807) is 17.6 Å². The van der Waals surface area contributed by atoms with Crippen molar-refractivity contribution in [2.75, 3.05) is 0 Å². The van der Waals surface area contributed by atoms with Gasteiger partial charge in [-0.2, -0.15) is 5.10 Å². The molecule has 0 saturated heterocycles. The van der Waals surface area contributed by atoms with Gasteiger partial charge in [0.2, 0.25) is 5.91 Å². The largest absolute Gasteiger partial charge is 0.273 e. The lowest BCUT2D eigenvalue weighted by Crippen LogP contribution is -2.22. The van der Waals surface area contributed by atoms with Gasteiger partial charge in [-0.3, -0.25) is 4.79 Å². The number of amides is 1. The summed E-state index contributed by atoms with van der Waals surface area (Å²) in [7, 11) is 0. The van der Waals surface area contributed by atoms with Crippen molar-refractivity contribution in [1.82, 2.24) is 5.43 Å². The number of carbonyl (C=O) groups excluding carboxylic acids is 1. The van der Waals surface area contributed by atoms with E-state index in [4.69, 9.17) is 0 Å². The maximum absolute atomic E-state index is 12.1. The number of thiophene rings is 1. The molecular weight excluding hydrogens is 244 g/mol. The second kappa shape index (κ2) is 4.50. The Labute approximate surface area is 111 Å². The number of rotatable bonds is 3. The zero-order chi connectivity index (χ0) is 12.6. The summed E-state index contributed by atoms with van der Waals surface area (Å²) in [5.41, 5.74) is 2.97. The summed E-state index contributed by atoms with van der Waals surface area (Å²) >= 11 is 1.62. The smallest absolute Gasteiger partial charge is 0.244 e. The van der Waals surface area contributed by atoms with Crippen LogP contribution >= 0.6 is 11.3 Å². The van der Waals surface area contributed by atoms with Gasteiger partial charge in [0.25, 0.3) is 0 Å². The minimum Gasteiger partial charge on any atom is -0.273 e. The lowest BCUT2D eigenvalue weighted by Gasteiger charge is -2.15. The van der Waals surface area contributed by atoms with Crippen molar-refractivity contribution in [3.63, 3.8) is 0 Å². The van der Waals surface area contributed by atoms with Crippen LogP contribution in [-0.2, 0) is 4.79 Å². The Hall–Kier alpha value is -1.16. The fourth-order valence-corrected chi connectivity index (χ4v) is 4.03. The monoisotopic (exact) mass is 262 g/mol. The zero-order valence-electron chi connectivity index (χ0n) is 10.6. The Balaban J connectivity index is 1.57. The molecule has 2 aliphatic carbocycles. The molecule has 1 heterocycles. The van der Waals surface area contributed by atoms with Crippen LogP contribution in [0.2, 0.25) is 0 Å². The standard InChI is InChI=1S/C14H18N2OS/c1-14-7-3-2-6-11(14)12(14)13(17)16-15-9-10-5-4-8-18-10/h4-5,8-9,11-12H,2-3,6-7H2,1H3,(H,16,17)/b15-9-/t11-,12-,14-/m0/s1. The maximum Gasteiger partial charge on any atom is 0.244 e. The lowest BCUT2D eigenvalue weighted by atomic mass is 9.90. The molecule has 3 rings (SSSR count). The molecule has 1 amide bonds. The molecule has 0 spiro atoms. The minimum atomic E-state index is 0.109. The molecule has 3 atom stereocenters. The lowest BCUT2D eigenvalue weighted by molar-refractivity contribution is -0.123. The molecule has 18 heavy (non-hydrogen) atoms. The summed E-state index contributed by atoms with van der Waals surface area (Å²) in [5, 5.41) is 6.05. The predicted octanol–water partition coefficient (Wildman–Crippen LogP) is 3.02. The fourth-order valence-electron chi connectivity index (χ4n) is 3.44. The highest BCUT2D eigenvalue weighted by molar-refractivity contribution is 7.11. The van der Waals surface area contributed by atoms with Crippen molar-refractivity contribution in [2.45, 2.75) is 32.6 Å². The molecule has 2 fully saturated rings. The number of hydrogen-bond donors (Lipinski definition) is 1. The molecule has 0 radical (unpaired) electrons. The molecule has 0 bridgehead atoms. The van der Waals surface area contributed by atoms with Crippen LogP contribution < -0.4 is 5.43 Å². The number of carbonyl (C=O) groups is 1. The zero-order valence-corrected chi connectivity index (χ0v) is 11.4. The normalized spacial score (nSPS) is 34.3. The molecule has 3 nitrogen and oxygen atoms in total. The van der Waals surface area contributed by atoms with Gasteiger partial charge in [-0.1, -0.05) is 25.8 Å². The summed E-state index contributed by atoms with van der Waals surface area (Å²) in [6.45, 7) is 2.25. The summed E-state index contributed by atoms with van der Waals surface area (Å²) in [6.07, 6.45) is 6.68. The van der Waals surface area contributed by atoms with Gasteiger partial charge in [0, 0.05) is 10.8 Å². The van der Waals surface area contributed by atoms with Crippen LogP contribution in [0.1, 0.15) is 37.5 Å². The van der Waals surface area contributed by atoms with Crippen LogP contribution in [0.3, 0.4) is 0 Å². The van der Waals surface area contributed by atoms with Crippen LogP contribution in [0.4, 0.5) is 0 Å². The van der Waals surface area contributed by atoms with Crippen LogP contribution in [0.15, 0.2) is 22.6 Å². The second-order valence-corrected chi connectivity index (χ2v) is 6.56. The van der Waals surface area contributed by atoms with Crippen LogP contribution in [0, 0.1) is 17.3 Å². The van der Waals surface area contributed by atoms with Crippen LogP contribution in [0.25, 0.3) is 0 Å². The molecular formula is C14H18N2OS. The Bertz CT molecular complexity index is 468. The van der Waals surface area contributed by atoms with Crippen molar-refractivity contribution < 1.29 is 4.79 Å². The topological polar surface area (TPSA) is 41.5 Å². The van der Waals surface area contributed by atoms with E-state index in [-0.39, 0.29) is 17.2 Å². The van der Waals surface area contributed by atoms with E-state index >= 15 is 0 Å². The maximum atomic E-state index is 12.1. The van der Waals surface area contributed by atoms with Crippen LogP contribution in [0.5, 0.6) is 0 Å². The first-order valence-corrected chi connectivity index (χ1v) is 7.46. The third kappa shape index (κ3) is 1.99. The molecule has 1 aromatic heterocycles. The Morgan fingerprint density at radius 3 is 3.17 bits per heavy atom. The van der Waals surface area contributed by atoms with Gasteiger partial charge in [-0.15, -0.1) is 11.3 Å². The molecule has 96 valence electrons. The molecule has 0 aromatic carbocycles. The molecule has 2 aliphatic rings. The molecule has 0 unspecified atom stereocenters. The average molecular weight is 262 g/mol. The molecule has 2 saturated carbocycles. The van der Waals surface area contributed by atoms with Gasteiger partial charge in [-0.25, -0.2) is 5.43 Å². The van der Waals surface area contributed by atoms with Gasteiger partial charge in [0.15, 0.2) is 0 Å². The van der Waals surface area contributed by atoms with E-state index in [0.717, 1.165) is 4.88 Å². The molecule has 4 heteroatoms. The van der Waals surface area contributed by atoms with Crippen molar-refractivity contribution in [3.05, 3.63) is 22.4 Å². The van der Waals surface area contributed by atoms with Gasteiger partial charge >= 0.3 is 0 Å². The highest BCUT2D eigenvalue weighted by Gasteiger charge is 2.64. The Morgan fingerprint density at radius 2 is 2.50 bits per heavy atom. The van der Waals surface area contributed by atoms with Gasteiger partial charge in [0.1, 0.15) is 0 Å². The summed E-state index contributed by atoms with van der Waals surface area (Å²) in [4.78, 5) is 13.1. The first-order valence-electron chi connectivity index (χ1n) is 6.58. The van der Waals surface area contributed by atoms with E-state index in [1.165, 1.54) is 25.7 Å². The number of hydrogen-bond acceptors (Lipinski definition) is 3. The van der Waals surface area contributed by atoms with Crippen molar-refractivity contribution >= 4 is 23.5 Å². The van der Waals surface area contributed by atoms with E-state index in [9.17, 15) is 4.79 Å². The van der Waals surface area contributed by atoms with E-state index in [2.05, 4.69) is 17.5 Å². The molecule has 1 aromatic rings. The highest BCUT2D eigenvalue weighted by Crippen LogP contribution is 2.66. The molecule has 1 N–H and O–H groups in total. The summed E-state index contributed by atoms with van der Waals surface area (Å²) < 4.78 is 0. The highest BCUT2D eigenvalue weighted by atomic mass is 32.1. The fraction of sp³-hybridized carbons (Fsp3) is 0.571. The van der Waals surface area contributed by atoms with E-state index < -0.39 is 0 Å². The second-order valence-electron chi connectivity index (χ2n) is 5.59. The number of hydrazone groups is 1. The van der Waals surface area contributed by atoms with Crippen molar-refractivity contribution in [3.8, 4) is 0 Å². The Kier molecular flexibility index (Phi) is 2.98. The summed E-state index contributed by atoms with van der Waals surface area (Å²) in [6, 6.07) is 3.96. The molecule has 0 aliphatic heterocycles. The number of nitrogens with zero attached hydrogens (tertiary/aromatic N) is 1. The third-order valence-electron chi connectivity index (χ3n) is 4.52. The minimum absolute atomic E-state index is 0.109. The summed E-state index contributed by atoms with van der Waals surface area (Å²) in [5.74, 6) is 0.904. The van der Waals surface area contributed by atoms with Gasteiger partial charge < -0.3 is 0 Å². The number of nitrogens with one attached hydrogen (secondary N) is 1. The first-order chi connectivity index (χ1) is 8.72. The van der Waals surface area contributed by atoms with E-state index in [1.807, 2.05) is 17.5 Å². The van der Waals surface area contributed by atoms with Crippen molar-refractivity contribution in [1.29, 1.82) is 0 Å². The average Bonchev–Trinajstić information content (AvgIpc) is 2.71. The van der Waals surface area contributed by atoms with Gasteiger partial charge in [0.05, 0.1) is 6.21 Å². The van der Waals surface area contributed by atoms with Crippen molar-refractivity contribution in [2.24, 2.45) is 22.4 Å².